The molecular weight excluding hydrogens is 441 g/mol. The van der Waals surface area contributed by atoms with Crippen LogP contribution >= 0.6 is 24.0 Å². The molecule has 2 rings (SSSR count). The van der Waals surface area contributed by atoms with Crippen molar-refractivity contribution in [3.63, 3.8) is 0 Å². The van der Waals surface area contributed by atoms with Gasteiger partial charge in [-0.25, -0.2) is 0 Å². The van der Waals surface area contributed by atoms with Crippen LogP contribution in [0.5, 0.6) is 0 Å². The molecule has 1 heterocycles. The molecule has 1 unspecified atom stereocenters. The van der Waals surface area contributed by atoms with E-state index in [9.17, 15) is 0 Å². The van der Waals surface area contributed by atoms with Gasteiger partial charge in [-0.3, -0.25) is 9.89 Å². The van der Waals surface area contributed by atoms with Crippen LogP contribution in [0.1, 0.15) is 12.5 Å². The van der Waals surface area contributed by atoms with E-state index in [1.165, 1.54) is 5.56 Å². The second-order valence-electron chi connectivity index (χ2n) is 6.58. The van der Waals surface area contributed by atoms with Gasteiger partial charge in [-0.05, 0) is 26.6 Å². The Labute approximate surface area is 175 Å². The molecule has 148 valence electrons. The van der Waals surface area contributed by atoms with Gasteiger partial charge in [0.15, 0.2) is 5.96 Å². The van der Waals surface area contributed by atoms with Crippen LogP contribution in [0, 0.1) is 0 Å². The third kappa shape index (κ3) is 8.66. The van der Waals surface area contributed by atoms with Crippen molar-refractivity contribution in [3.8, 4) is 0 Å². The van der Waals surface area contributed by atoms with E-state index in [-0.39, 0.29) is 24.0 Å². The number of nitrogens with one attached hydrogen (secondary N) is 2. The molecule has 0 amide bonds. The van der Waals surface area contributed by atoms with Crippen molar-refractivity contribution >= 4 is 29.9 Å². The normalized spacial score (nSPS) is 19.0. The van der Waals surface area contributed by atoms with Gasteiger partial charge in [-0.2, -0.15) is 0 Å². The smallest absolute Gasteiger partial charge is 0.191 e. The second-order valence-corrected chi connectivity index (χ2v) is 6.58. The lowest BCUT2D eigenvalue weighted by Crippen LogP contribution is -2.51. The Morgan fingerprint density at radius 3 is 2.69 bits per heavy atom. The number of guanidine groups is 1. The van der Waals surface area contributed by atoms with Gasteiger partial charge in [0.1, 0.15) is 0 Å². The Hall–Kier alpha value is -0.900. The third-order valence-corrected chi connectivity index (χ3v) is 4.43. The van der Waals surface area contributed by atoms with E-state index in [4.69, 9.17) is 9.73 Å². The molecule has 0 aliphatic carbocycles. The van der Waals surface area contributed by atoms with Gasteiger partial charge in [0.2, 0.25) is 0 Å². The van der Waals surface area contributed by atoms with Crippen molar-refractivity contribution in [1.29, 1.82) is 0 Å². The van der Waals surface area contributed by atoms with Gasteiger partial charge in [0.25, 0.3) is 0 Å². The molecular formula is C19H34IN5O. The highest BCUT2D eigenvalue weighted by Crippen LogP contribution is 2.06. The highest BCUT2D eigenvalue weighted by molar-refractivity contribution is 14.0. The molecule has 0 spiro atoms. The minimum Gasteiger partial charge on any atom is -0.375 e. The van der Waals surface area contributed by atoms with Crippen LogP contribution in [-0.4, -0.2) is 81.8 Å². The van der Waals surface area contributed by atoms with Gasteiger partial charge in [0, 0.05) is 38.8 Å². The standard InChI is InChI=1S/C19H33N5O.HI/c1-4-20-19(22-14-18-15-23(2)11-12-24(18)3)21-10-13-25-16-17-8-6-5-7-9-17;/h5-9,18H,4,10-16H2,1-3H3,(H2,20,21,22);1H. The molecule has 1 atom stereocenters. The Morgan fingerprint density at radius 1 is 1.19 bits per heavy atom. The van der Waals surface area contributed by atoms with Gasteiger partial charge >= 0.3 is 0 Å². The summed E-state index contributed by atoms with van der Waals surface area (Å²) in [5.74, 6) is 0.868. The van der Waals surface area contributed by atoms with Crippen LogP contribution in [-0.2, 0) is 11.3 Å². The first-order valence-corrected chi connectivity index (χ1v) is 9.21. The van der Waals surface area contributed by atoms with Crippen molar-refractivity contribution in [2.75, 3.05) is 60.0 Å². The van der Waals surface area contributed by atoms with E-state index in [0.717, 1.165) is 45.2 Å². The SMILES string of the molecule is CCNC(=NCC1CN(C)CCN1C)NCCOCc1ccccc1.I. The predicted octanol–water partition coefficient (Wildman–Crippen LogP) is 1.62. The van der Waals surface area contributed by atoms with Crippen molar-refractivity contribution in [3.05, 3.63) is 35.9 Å². The molecule has 2 N–H and O–H groups in total. The van der Waals surface area contributed by atoms with E-state index in [2.05, 4.69) is 53.6 Å². The van der Waals surface area contributed by atoms with Gasteiger partial charge in [-0.1, -0.05) is 30.3 Å². The van der Waals surface area contributed by atoms with Crippen molar-refractivity contribution in [1.82, 2.24) is 20.4 Å². The average molecular weight is 475 g/mol. The summed E-state index contributed by atoms with van der Waals surface area (Å²) in [5.41, 5.74) is 1.20. The first-order valence-electron chi connectivity index (χ1n) is 9.21. The van der Waals surface area contributed by atoms with Crippen molar-refractivity contribution in [2.45, 2.75) is 19.6 Å². The summed E-state index contributed by atoms with van der Waals surface area (Å²) >= 11 is 0. The number of piperazine rings is 1. The van der Waals surface area contributed by atoms with Gasteiger partial charge < -0.3 is 20.3 Å². The maximum atomic E-state index is 5.71. The second kappa shape index (κ2) is 13.3. The predicted molar refractivity (Wildman–Crippen MR) is 119 cm³/mol. The number of hydrogen-bond acceptors (Lipinski definition) is 4. The summed E-state index contributed by atoms with van der Waals surface area (Å²) in [6, 6.07) is 10.7. The molecule has 0 saturated carbocycles. The van der Waals surface area contributed by atoms with E-state index in [1.807, 2.05) is 18.2 Å². The number of aliphatic imine (C=N–C) groups is 1. The van der Waals surface area contributed by atoms with Crippen LogP contribution < -0.4 is 10.6 Å². The Bertz CT molecular complexity index is 514. The zero-order valence-electron chi connectivity index (χ0n) is 16.3. The molecule has 1 aliphatic rings. The molecule has 1 saturated heterocycles. The molecule has 0 radical (unpaired) electrons. The fraction of sp³-hybridized carbons (Fsp3) is 0.632. The van der Waals surface area contributed by atoms with Crippen LogP contribution in [0.15, 0.2) is 35.3 Å². The maximum Gasteiger partial charge on any atom is 0.191 e. The van der Waals surface area contributed by atoms with Crippen LogP contribution in [0.3, 0.4) is 0 Å². The monoisotopic (exact) mass is 475 g/mol. The van der Waals surface area contributed by atoms with Crippen molar-refractivity contribution < 1.29 is 4.74 Å². The molecule has 6 nitrogen and oxygen atoms in total. The highest BCUT2D eigenvalue weighted by atomic mass is 127. The van der Waals surface area contributed by atoms with Gasteiger partial charge in [-0.15, -0.1) is 24.0 Å². The number of rotatable bonds is 8. The lowest BCUT2D eigenvalue weighted by atomic mass is 10.2. The molecule has 1 aliphatic heterocycles. The molecule has 1 aromatic rings. The largest absolute Gasteiger partial charge is 0.375 e. The van der Waals surface area contributed by atoms with Crippen LogP contribution in [0.2, 0.25) is 0 Å². The zero-order chi connectivity index (χ0) is 17.9. The number of ether oxygens (including phenoxy) is 1. The minimum absolute atomic E-state index is 0. The van der Waals surface area contributed by atoms with E-state index in [0.29, 0.717) is 19.3 Å². The molecule has 0 bridgehead atoms. The maximum absolute atomic E-state index is 5.71. The molecule has 1 fully saturated rings. The Kier molecular flexibility index (Phi) is 11.8. The summed E-state index contributed by atoms with van der Waals surface area (Å²) in [6.45, 7) is 9.11. The van der Waals surface area contributed by atoms with E-state index < -0.39 is 0 Å². The van der Waals surface area contributed by atoms with E-state index >= 15 is 0 Å². The lowest BCUT2D eigenvalue weighted by Gasteiger charge is -2.36. The lowest BCUT2D eigenvalue weighted by molar-refractivity contribution is 0.119. The molecule has 26 heavy (non-hydrogen) atoms. The summed E-state index contributed by atoms with van der Waals surface area (Å²) in [5, 5.41) is 6.66. The van der Waals surface area contributed by atoms with E-state index in [1.54, 1.807) is 0 Å². The number of benzene rings is 1. The minimum atomic E-state index is 0. The fourth-order valence-corrected chi connectivity index (χ4v) is 2.84. The first kappa shape index (κ1) is 23.1. The van der Waals surface area contributed by atoms with Gasteiger partial charge in [0.05, 0.1) is 19.8 Å². The van der Waals surface area contributed by atoms with Crippen LogP contribution in [0.4, 0.5) is 0 Å². The third-order valence-electron chi connectivity index (χ3n) is 4.43. The molecule has 0 aromatic heterocycles. The summed E-state index contributed by atoms with van der Waals surface area (Å²) in [4.78, 5) is 9.52. The fourth-order valence-electron chi connectivity index (χ4n) is 2.84. The van der Waals surface area contributed by atoms with Crippen molar-refractivity contribution in [2.24, 2.45) is 4.99 Å². The summed E-state index contributed by atoms with van der Waals surface area (Å²) in [7, 11) is 4.36. The molecule has 1 aromatic carbocycles. The number of halogens is 1. The number of nitrogens with zero attached hydrogens (tertiary/aromatic N) is 3. The quantitative estimate of drug-likeness (QED) is 0.259. The Balaban J connectivity index is 0.00000338. The summed E-state index contributed by atoms with van der Waals surface area (Å²) in [6.07, 6.45) is 0. The first-order chi connectivity index (χ1) is 12.2. The number of hydrogen-bond donors (Lipinski definition) is 2. The van der Waals surface area contributed by atoms with Crippen LogP contribution in [0.25, 0.3) is 0 Å². The Morgan fingerprint density at radius 2 is 1.96 bits per heavy atom. The zero-order valence-corrected chi connectivity index (χ0v) is 18.6. The average Bonchev–Trinajstić information content (AvgIpc) is 2.62. The summed E-state index contributed by atoms with van der Waals surface area (Å²) < 4.78 is 5.71. The number of likely N-dealkylation sites (N-methyl/N-ethyl adjacent to an activating group) is 2. The topological polar surface area (TPSA) is 52.1 Å². The molecule has 7 heteroatoms. The highest BCUT2D eigenvalue weighted by Gasteiger charge is 2.21.